The van der Waals surface area contributed by atoms with Crippen LogP contribution in [0.4, 0.5) is 0 Å². The molecule has 0 aromatic heterocycles. The summed E-state index contributed by atoms with van der Waals surface area (Å²) >= 11 is 1.88. The van der Waals surface area contributed by atoms with Crippen LogP contribution in [0.25, 0.3) is 5.57 Å². The molecule has 0 spiro atoms. The molecule has 1 aliphatic carbocycles. The number of hydrogen-bond donors (Lipinski definition) is 0. The Bertz CT molecular complexity index is 363. The average molecular weight is 190 g/mol. The molecule has 0 aliphatic heterocycles. The van der Waals surface area contributed by atoms with Gasteiger partial charge in [0.05, 0.1) is 0 Å². The fourth-order valence-corrected chi connectivity index (χ4v) is 3.04. The highest BCUT2D eigenvalue weighted by Crippen LogP contribution is 2.45. The number of fused-ring (bicyclic) bond motifs is 1. The van der Waals surface area contributed by atoms with Gasteiger partial charge in [-0.05, 0) is 34.8 Å². The van der Waals surface area contributed by atoms with Crippen LogP contribution in [0.1, 0.15) is 30.9 Å². The van der Waals surface area contributed by atoms with Crippen LogP contribution >= 0.6 is 11.8 Å². The molecular formula is C12H14S. The zero-order chi connectivity index (χ0) is 9.42. The first-order chi connectivity index (χ1) is 6.25. The summed E-state index contributed by atoms with van der Waals surface area (Å²) in [7, 11) is 0. The summed E-state index contributed by atoms with van der Waals surface area (Å²) in [4.78, 5) is 1.53. The van der Waals surface area contributed by atoms with Gasteiger partial charge in [-0.15, -0.1) is 11.8 Å². The van der Waals surface area contributed by atoms with Gasteiger partial charge >= 0.3 is 0 Å². The Morgan fingerprint density at radius 1 is 1.23 bits per heavy atom. The summed E-state index contributed by atoms with van der Waals surface area (Å²) in [6, 6.07) is 8.72. The zero-order valence-corrected chi connectivity index (χ0v) is 9.11. The maximum Gasteiger partial charge on any atom is 0.0130 e. The number of thioether (sulfide) groups is 1. The first-order valence-corrected chi connectivity index (χ1v) is 5.82. The van der Waals surface area contributed by atoms with Crippen LogP contribution in [0, 0.1) is 0 Å². The molecule has 68 valence electrons. The Balaban J connectivity index is 2.58. The Hall–Kier alpha value is -0.690. The number of hydrogen-bond acceptors (Lipinski definition) is 1. The lowest BCUT2D eigenvalue weighted by atomic mass is 10.0. The van der Waals surface area contributed by atoms with E-state index in [1.807, 2.05) is 11.8 Å². The van der Waals surface area contributed by atoms with Gasteiger partial charge in [-0.1, -0.05) is 31.2 Å². The highest BCUT2D eigenvalue weighted by atomic mass is 32.2. The zero-order valence-electron chi connectivity index (χ0n) is 8.29. The van der Waals surface area contributed by atoms with Crippen molar-refractivity contribution in [3.05, 3.63) is 40.3 Å². The van der Waals surface area contributed by atoms with Gasteiger partial charge in [-0.3, -0.25) is 0 Å². The van der Waals surface area contributed by atoms with E-state index in [1.165, 1.54) is 21.6 Å². The van der Waals surface area contributed by atoms with Crippen molar-refractivity contribution in [2.24, 2.45) is 0 Å². The molecule has 0 heterocycles. The highest BCUT2D eigenvalue weighted by Gasteiger charge is 2.24. The van der Waals surface area contributed by atoms with Crippen LogP contribution in [0.3, 0.4) is 0 Å². The monoisotopic (exact) mass is 190 g/mol. The van der Waals surface area contributed by atoms with Crippen molar-refractivity contribution in [2.45, 2.75) is 19.8 Å². The second-order valence-corrected chi connectivity index (χ2v) is 4.35. The highest BCUT2D eigenvalue weighted by molar-refractivity contribution is 8.02. The smallest absolute Gasteiger partial charge is 0.0130 e. The molecule has 0 bridgehead atoms. The lowest BCUT2D eigenvalue weighted by Crippen LogP contribution is -1.89. The summed E-state index contributed by atoms with van der Waals surface area (Å²) < 4.78 is 0. The van der Waals surface area contributed by atoms with E-state index in [-0.39, 0.29) is 0 Å². The normalized spacial score (nSPS) is 20.7. The molecular weight excluding hydrogens is 176 g/mol. The van der Waals surface area contributed by atoms with Gasteiger partial charge < -0.3 is 0 Å². The Morgan fingerprint density at radius 2 is 1.92 bits per heavy atom. The van der Waals surface area contributed by atoms with E-state index < -0.39 is 0 Å². The molecule has 0 amide bonds. The molecule has 0 saturated heterocycles. The molecule has 1 unspecified atom stereocenters. The molecule has 13 heavy (non-hydrogen) atoms. The van der Waals surface area contributed by atoms with E-state index >= 15 is 0 Å². The summed E-state index contributed by atoms with van der Waals surface area (Å²) in [6.07, 6.45) is 2.17. The maximum atomic E-state index is 2.29. The molecule has 0 saturated carbocycles. The number of rotatable bonds is 1. The Morgan fingerprint density at radius 3 is 2.54 bits per heavy atom. The molecule has 2 rings (SSSR count). The van der Waals surface area contributed by atoms with Gasteiger partial charge in [0.2, 0.25) is 0 Å². The van der Waals surface area contributed by atoms with Crippen LogP contribution in [-0.2, 0) is 0 Å². The van der Waals surface area contributed by atoms with E-state index in [2.05, 4.69) is 44.4 Å². The SMILES string of the molecule is CSC1=C(C)c2ccccc2C1C. The minimum Gasteiger partial charge on any atom is -0.133 e. The van der Waals surface area contributed by atoms with E-state index in [9.17, 15) is 0 Å². The first-order valence-electron chi connectivity index (χ1n) is 4.59. The van der Waals surface area contributed by atoms with Crippen LogP contribution in [0.5, 0.6) is 0 Å². The largest absolute Gasteiger partial charge is 0.133 e. The first kappa shape index (κ1) is 8.89. The van der Waals surface area contributed by atoms with Crippen LogP contribution < -0.4 is 0 Å². The van der Waals surface area contributed by atoms with Crippen molar-refractivity contribution in [1.29, 1.82) is 0 Å². The third-order valence-electron chi connectivity index (χ3n) is 2.81. The van der Waals surface area contributed by atoms with Gasteiger partial charge in [0, 0.05) is 5.92 Å². The summed E-state index contributed by atoms with van der Waals surface area (Å²) in [6.45, 7) is 4.52. The molecule has 1 aliphatic rings. The number of allylic oxidation sites excluding steroid dienone is 2. The van der Waals surface area contributed by atoms with Crippen molar-refractivity contribution < 1.29 is 0 Å². The van der Waals surface area contributed by atoms with Gasteiger partial charge in [0.15, 0.2) is 0 Å². The third-order valence-corrected chi connectivity index (χ3v) is 3.91. The standard InChI is InChI=1S/C12H14S/c1-8-10-6-4-5-7-11(10)9(2)12(8)13-3/h4-8H,1-3H3. The van der Waals surface area contributed by atoms with Crippen molar-refractivity contribution >= 4 is 17.3 Å². The molecule has 1 atom stereocenters. The summed E-state index contributed by atoms with van der Waals surface area (Å²) in [5.41, 5.74) is 4.40. The van der Waals surface area contributed by atoms with E-state index in [4.69, 9.17) is 0 Å². The van der Waals surface area contributed by atoms with Gasteiger partial charge in [-0.2, -0.15) is 0 Å². The lowest BCUT2D eigenvalue weighted by molar-refractivity contribution is 0.975. The molecule has 0 fully saturated rings. The van der Waals surface area contributed by atoms with Crippen LogP contribution in [0.15, 0.2) is 29.2 Å². The van der Waals surface area contributed by atoms with Crippen molar-refractivity contribution in [3.63, 3.8) is 0 Å². The van der Waals surface area contributed by atoms with Crippen molar-refractivity contribution in [1.82, 2.24) is 0 Å². The van der Waals surface area contributed by atoms with Gasteiger partial charge in [0.1, 0.15) is 0 Å². The van der Waals surface area contributed by atoms with Crippen molar-refractivity contribution in [3.8, 4) is 0 Å². The average Bonchev–Trinajstić information content (AvgIpc) is 2.41. The molecule has 1 aromatic carbocycles. The Labute approximate surface area is 84.0 Å². The Kier molecular flexibility index (Phi) is 2.20. The van der Waals surface area contributed by atoms with E-state index in [1.54, 1.807) is 0 Å². The predicted octanol–water partition coefficient (Wildman–Crippen LogP) is 3.90. The van der Waals surface area contributed by atoms with Gasteiger partial charge in [0.25, 0.3) is 0 Å². The molecule has 1 aromatic rings. The predicted molar refractivity (Wildman–Crippen MR) is 61.0 cm³/mol. The van der Waals surface area contributed by atoms with E-state index in [0.717, 1.165) is 0 Å². The maximum absolute atomic E-state index is 2.29. The molecule has 0 nitrogen and oxygen atoms in total. The topological polar surface area (TPSA) is 0 Å². The summed E-state index contributed by atoms with van der Waals surface area (Å²) in [5.74, 6) is 0.603. The quantitative estimate of drug-likeness (QED) is 0.647. The van der Waals surface area contributed by atoms with Gasteiger partial charge in [-0.25, -0.2) is 0 Å². The third kappa shape index (κ3) is 1.22. The molecule has 1 heteroatoms. The fourth-order valence-electron chi connectivity index (χ4n) is 2.14. The van der Waals surface area contributed by atoms with Crippen LogP contribution in [-0.4, -0.2) is 6.26 Å². The fraction of sp³-hybridized carbons (Fsp3) is 0.333. The lowest BCUT2D eigenvalue weighted by Gasteiger charge is -2.07. The summed E-state index contributed by atoms with van der Waals surface area (Å²) in [5, 5.41) is 0. The second-order valence-electron chi connectivity index (χ2n) is 3.50. The van der Waals surface area contributed by atoms with Crippen molar-refractivity contribution in [2.75, 3.05) is 6.26 Å². The number of benzene rings is 1. The second kappa shape index (κ2) is 3.22. The van der Waals surface area contributed by atoms with Crippen LogP contribution in [0.2, 0.25) is 0 Å². The van der Waals surface area contributed by atoms with E-state index in [0.29, 0.717) is 5.92 Å². The molecule has 0 N–H and O–H groups in total. The minimum atomic E-state index is 0.603. The minimum absolute atomic E-state index is 0.603. The molecule has 0 radical (unpaired) electrons.